The second-order valence-corrected chi connectivity index (χ2v) is 8.36. The minimum Gasteiger partial charge on any atom is -0.331 e. The highest BCUT2D eigenvalue weighted by Crippen LogP contribution is 2.18. The van der Waals surface area contributed by atoms with Crippen molar-refractivity contribution >= 4 is 39.7 Å². The Labute approximate surface area is 173 Å². The van der Waals surface area contributed by atoms with Crippen LogP contribution >= 0.6 is 22.6 Å². The molecule has 5 nitrogen and oxygen atoms in total. The average Bonchev–Trinajstić information content (AvgIpc) is 2.98. The number of pyridine rings is 1. The summed E-state index contributed by atoms with van der Waals surface area (Å²) in [6.45, 7) is 8.42. The number of imidazole rings is 1. The Bertz CT molecular complexity index is 935. The van der Waals surface area contributed by atoms with Crippen LogP contribution in [0.5, 0.6) is 0 Å². The van der Waals surface area contributed by atoms with Gasteiger partial charge in [-0.05, 0) is 65.3 Å². The van der Waals surface area contributed by atoms with Crippen LogP contribution < -0.4 is 0 Å². The van der Waals surface area contributed by atoms with Crippen molar-refractivity contribution in [2.45, 2.75) is 40.3 Å². The zero-order valence-corrected chi connectivity index (χ0v) is 18.2. The van der Waals surface area contributed by atoms with Crippen LogP contribution in [-0.2, 0) is 13.1 Å². The summed E-state index contributed by atoms with van der Waals surface area (Å²) in [6.07, 6.45) is 2.78. The monoisotopic (exact) mass is 476 g/mol. The molecule has 0 saturated heterocycles. The quantitative estimate of drug-likeness (QED) is 0.463. The maximum atomic E-state index is 13.2. The Morgan fingerprint density at radius 2 is 2.07 bits per heavy atom. The number of benzene rings is 1. The molecule has 1 aromatic carbocycles. The Morgan fingerprint density at radius 3 is 2.78 bits per heavy atom. The van der Waals surface area contributed by atoms with Crippen molar-refractivity contribution < 1.29 is 4.79 Å². The van der Waals surface area contributed by atoms with Gasteiger partial charge in [0.25, 0.3) is 5.91 Å². The predicted octanol–water partition coefficient (Wildman–Crippen LogP) is 4.74. The van der Waals surface area contributed by atoms with E-state index >= 15 is 0 Å². The molecule has 0 atom stereocenters. The first-order chi connectivity index (χ1) is 13.0. The van der Waals surface area contributed by atoms with Gasteiger partial charge in [-0.1, -0.05) is 26.8 Å². The van der Waals surface area contributed by atoms with Gasteiger partial charge < -0.3 is 9.47 Å². The van der Waals surface area contributed by atoms with Crippen LogP contribution in [0, 0.1) is 9.49 Å². The van der Waals surface area contributed by atoms with E-state index in [1.807, 2.05) is 41.3 Å². The van der Waals surface area contributed by atoms with Gasteiger partial charge in [-0.15, -0.1) is 0 Å². The summed E-state index contributed by atoms with van der Waals surface area (Å²) in [4.78, 5) is 24.4. The van der Waals surface area contributed by atoms with E-state index in [0.29, 0.717) is 19.0 Å². The summed E-state index contributed by atoms with van der Waals surface area (Å²) < 4.78 is 3.20. The van der Waals surface area contributed by atoms with E-state index in [0.717, 1.165) is 39.1 Å². The molecule has 0 N–H and O–H groups in total. The largest absolute Gasteiger partial charge is 0.331 e. The number of rotatable bonds is 7. The maximum absolute atomic E-state index is 13.2. The molecule has 2 aromatic heterocycles. The standard InChI is InChI=1S/C21H25IN4O/c1-4-11-26-19(24-18-9-6-10-23-20(18)26)14-25(13-15(2)3)21(27)16-7-5-8-17(22)12-16/h5-10,12,15H,4,11,13-14H2,1-3H3. The Kier molecular flexibility index (Phi) is 6.46. The van der Waals surface area contributed by atoms with E-state index < -0.39 is 0 Å². The highest BCUT2D eigenvalue weighted by Gasteiger charge is 2.21. The number of aryl methyl sites for hydroxylation is 1. The summed E-state index contributed by atoms with van der Waals surface area (Å²) in [7, 11) is 0. The Morgan fingerprint density at radius 1 is 1.26 bits per heavy atom. The first kappa shape index (κ1) is 19.8. The lowest BCUT2D eigenvalue weighted by molar-refractivity contribution is 0.0716. The molecule has 0 saturated carbocycles. The van der Waals surface area contributed by atoms with Crippen molar-refractivity contribution in [3.05, 3.63) is 57.6 Å². The summed E-state index contributed by atoms with van der Waals surface area (Å²) in [5.74, 6) is 1.31. The van der Waals surface area contributed by atoms with Gasteiger partial charge in [0.1, 0.15) is 11.3 Å². The predicted molar refractivity (Wildman–Crippen MR) is 117 cm³/mol. The van der Waals surface area contributed by atoms with Crippen molar-refractivity contribution in [2.75, 3.05) is 6.54 Å². The van der Waals surface area contributed by atoms with Crippen LogP contribution in [0.3, 0.4) is 0 Å². The molecule has 2 heterocycles. The highest BCUT2D eigenvalue weighted by molar-refractivity contribution is 14.1. The fraction of sp³-hybridized carbons (Fsp3) is 0.381. The van der Waals surface area contributed by atoms with Gasteiger partial charge in [0, 0.05) is 28.4 Å². The summed E-state index contributed by atoms with van der Waals surface area (Å²) in [5, 5.41) is 0. The molecule has 27 heavy (non-hydrogen) atoms. The van der Waals surface area contributed by atoms with Crippen molar-refractivity contribution in [3.63, 3.8) is 0 Å². The summed E-state index contributed by atoms with van der Waals surface area (Å²) in [6, 6.07) is 11.6. The molecule has 0 unspecified atom stereocenters. The van der Waals surface area contributed by atoms with Crippen LogP contribution in [0.15, 0.2) is 42.6 Å². The van der Waals surface area contributed by atoms with Crippen molar-refractivity contribution in [2.24, 2.45) is 5.92 Å². The van der Waals surface area contributed by atoms with Crippen LogP contribution in [0.2, 0.25) is 0 Å². The number of nitrogens with zero attached hydrogens (tertiary/aromatic N) is 4. The second kappa shape index (κ2) is 8.82. The van der Waals surface area contributed by atoms with Crippen molar-refractivity contribution in [1.29, 1.82) is 0 Å². The molecule has 3 rings (SSSR count). The zero-order valence-electron chi connectivity index (χ0n) is 16.0. The molecule has 3 aromatic rings. The molecular formula is C21H25IN4O. The van der Waals surface area contributed by atoms with Gasteiger partial charge in [-0.3, -0.25) is 4.79 Å². The van der Waals surface area contributed by atoms with E-state index in [1.54, 1.807) is 6.20 Å². The number of halogens is 1. The lowest BCUT2D eigenvalue weighted by Gasteiger charge is -2.25. The summed E-state index contributed by atoms with van der Waals surface area (Å²) >= 11 is 2.24. The van der Waals surface area contributed by atoms with Gasteiger partial charge in [-0.25, -0.2) is 9.97 Å². The molecule has 0 aliphatic heterocycles. The lowest BCUT2D eigenvalue weighted by atomic mass is 10.1. The Hall–Kier alpha value is -1.96. The van der Waals surface area contributed by atoms with E-state index in [4.69, 9.17) is 4.98 Å². The molecule has 0 fully saturated rings. The van der Waals surface area contributed by atoms with Crippen LogP contribution in [0.25, 0.3) is 11.2 Å². The van der Waals surface area contributed by atoms with Crippen molar-refractivity contribution in [3.8, 4) is 0 Å². The lowest BCUT2D eigenvalue weighted by Crippen LogP contribution is -2.34. The smallest absolute Gasteiger partial charge is 0.254 e. The topological polar surface area (TPSA) is 51.0 Å². The van der Waals surface area contributed by atoms with Gasteiger partial charge in [0.15, 0.2) is 5.65 Å². The summed E-state index contributed by atoms with van der Waals surface area (Å²) in [5.41, 5.74) is 2.49. The minimum absolute atomic E-state index is 0.0466. The molecule has 0 aliphatic carbocycles. The average molecular weight is 476 g/mol. The third-order valence-corrected chi connectivity index (χ3v) is 4.98. The third-order valence-electron chi connectivity index (χ3n) is 4.31. The van der Waals surface area contributed by atoms with E-state index in [2.05, 4.69) is 52.9 Å². The third kappa shape index (κ3) is 4.66. The van der Waals surface area contributed by atoms with Gasteiger partial charge in [0.2, 0.25) is 0 Å². The van der Waals surface area contributed by atoms with Crippen LogP contribution in [-0.4, -0.2) is 31.9 Å². The fourth-order valence-electron chi connectivity index (χ4n) is 3.22. The number of hydrogen-bond donors (Lipinski definition) is 0. The molecule has 0 aliphatic rings. The van der Waals surface area contributed by atoms with Gasteiger partial charge in [0.05, 0.1) is 6.54 Å². The number of aromatic nitrogens is 3. The van der Waals surface area contributed by atoms with E-state index in [-0.39, 0.29) is 5.91 Å². The normalized spacial score (nSPS) is 11.3. The minimum atomic E-state index is 0.0466. The molecule has 1 amide bonds. The SMILES string of the molecule is CCCn1c(CN(CC(C)C)C(=O)c2cccc(I)c2)nc2cccnc21. The van der Waals surface area contributed by atoms with Crippen molar-refractivity contribution in [1.82, 2.24) is 19.4 Å². The number of hydrogen-bond acceptors (Lipinski definition) is 3. The van der Waals surface area contributed by atoms with E-state index in [1.165, 1.54) is 0 Å². The Balaban J connectivity index is 1.96. The van der Waals surface area contributed by atoms with Gasteiger partial charge >= 0.3 is 0 Å². The molecular weight excluding hydrogens is 451 g/mol. The fourth-order valence-corrected chi connectivity index (χ4v) is 3.76. The molecule has 6 heteroatoms. The van der Waals surface area contributed by atoms with Crippen LogP contribution in [0.1, 0.15) is 43.4 Å². The highest BCUT2D eigenvalue weighted by atomic mass is 127. The molecule has 0 bridgehead atoms. The zero-order chi connectivity index (χ0) is 19.4. The van der Waals surface area contributed by atoms with Crippen LogP contribution in [0.4, 0.5) is 0 Å². The molecule has 0 radical (unpaired) electrons. The molecule has 0 spiro atoms. The van der Waals surface area contributed by atoms with Gasteiger partial charge in [-0.2, -0.15) is 0 Å². The number of amides is 1. The first-order valence-corrected chi connectivity index (χ1v) is 10.4. The number of carbonyl (C=O) groups is 1. The number of fused-ring (bicyclic) bond motifs is 1. The number of carbonyl (C=O) groups excluding carboxylic acids is 1. The maximum Gasteiger partial charge on any atom is 0.254 e. The second-order valence-electron chi connectivity index (χ2n) is 7.12. The molecule has 142 valence electrons. The van der Waals surface area contributed by atoms with E-state index in [9.17, 15) is 4.79 Å². The first-order valence-electron chi connectivity index (χ1n) is 9.34.